The van der Waals surface area contributed by atoms with E-state index in [1.807, 2.05) is 37.3 Å². The van der Waals surface area contributed by atoms with Crippen LogP contribution in [0.4, 0.5) is 4.79 Å². The molecule has 0 spiro atoms. The van der Waals surface area contributed by atoms with E-state index in [0.29, 0.717) is 40.1 Å². The van der Waals surface area contributed by atoms with Crippen molar-refractivity contribution in [2.45, 2.75) is 19.8 Å². The van der Waals surface area contributed by atoms with Crippen LogP contribution in [-0.2, 0) is 11.2 Å². The highest BCUT2D eigenvalue weighted by atomic mass is 35.5. The molecule has 0 N–H and O–H groups in total. The molecule has 1 heterocycles. The summed E-state index contributed by atoms with van der Waals surface area (Å²) in [6.07, 6.45) is 3.20. The number of thioether (sulfide) groups is 1. The van der Waals surface area contributed by atoms with Crippen LogP contribution >= 0.6 is 23.4 Å². The molecular formula is C22H22ClNO4S. The quantitative estimate of drug-likeness (QED) is 0.522. The monoisotopic (exact) mass is 431 g/mol. The fourth-order valence-corrected chi connectivity index (χ4v) is 4.22. The predicted molar refractivity (Wildman–Crippen MR) is 117 cm³/mol. The minimum Gasteiger partial charge on any atom is -0.491 e. The van der Waals surface area contributed by atoms with Crippen molar-refractivity contribution in [2.75, 3.05) is 20.3 Å². The molecule has 1 aliphatic rings. The highest BCUT2D eigenvalue weighted by Gasteiger charge is 2.34. The number of carbonyl (C=O) groups excluding carboxylic acids is 2. The third-order valence-electron chi connectivity index (χ3n) is 4.40. The Hall–Kier alpha value is -2.44. The molecule has 3 rings (SSSR count). The zero-order chi connectivity index (χ0) is 20.8. The molecule has 7 heteroatoms. The van der Waals surface area contributed by atoms with Gasteiger partial charge in [-0.25, -0.2) is 0 Å². The lowest BCUT2D eigenvalue weighted by molar-refractivity contribution is -0.122. The minimum atomic E-state index is -0.280. The van der Waals surface area contributed by atoms with Gasteiger partial charge in [-0.15, -0.1) is 0 Å². The van der Waals surface area contributed by atoms with E-state index >= 15 is 0 Å². The predicted octanol–water partition coefficient (Wildman–Crippen LogP) is 5.42. The normalized spacial score (nSPS) is 15.3. The molecule has 1 fully saturated rings. The number of imide groups is 1. The van der Waals surface area contributed by atoms with Crippen molar-refractivity contribution in [3.63, 3.8) is 0 Å². The van der Waals surface area contributed by atoms with E-state index in [0.717, 1.165) is 24.6 Å². The van der Waals surface area contributed by atoms with Crippen LogP contribution < -0.4 is 9.47 Å². The second-order valence-corrected chi connectivity index (χ2v) is 7.79. The van der Waals surface area contributed by atoms with Crippen LogP contribution in [0.1, 0.15) is 24.5 Å². The van der Waals surface area contributed by atoms with E-state index in [-0.39, 0.29) is 11.1 Å². The molecule has 0 saturated carbocycles. The fourth-order valence-electron chi connectivity index (χ4n) is 3.06. The van der Waals surface area contributed by atoms with Crippen molar-refractivity contribution in [3.05, 3.63) is 63.5 Å². The van der Waals surface area contributed by atoms with Gasteiger partial charge < -0.3 is 9.47 Å². The van der Waals surface area contributed by atoms with Crippen LogP contribution in [0.5, 0.6) is 11.5 Å². The maximum absolute atomic E-state index is 12.7. The summed E-state index contributed by atoms with van der Waals surface area (Å²) < 4.78 is 10.8. The van der Waals surface area contributed by atoms with Crippen molar-refractivity contribution in [1.29, 1.82) is 0 Å². The fraction of sp³-hybridized carbons (Fsp3) is 0.273. The first-order chi connectivity index (χ1) is 14.0. The number of methoxy groups -OCH3 is 1. The molecule has 5 nitrogen and oxygen atoms in total. The summed E-state index contributed by atoms with van der Waals surface area (Å²) >= 11 is 7.21. The zero-order valence-corrected chi connectivity index (χ0v) is 17.9. The van der Waals surface area contributed by atoms with Gasteiger partial charge >= 0.3 is 0 Å². The molecule has 2 aromatic carbocycles. The van der Waals surface area contributed by atoms with Gasteiger partial charge in [-0.05, 0) is 60.9 Å². The maximum atomic E-state index is 12.7. The van der Waals surface area contributed by atoms with Crippen molar-refractivity contribution >= 4 is 40.6 Å². The molecule has 2 aromatic rings. The highest BCUT2D eigenvalue weighted by Crippen LogP contribution is 2.38. The van der Waals surface area contributed by atoms with E-state index < -0.39 is 0 Å². The number of rotatable bonds is 8. The van der Waals surface area contributed by atoms with Gasteiger partial charge in [-0.1, -0.05) is 41.9 Å². The number of hydrogen-bond donors (Lipinski definition) is 0. The molecule has 0 bridgehead atoms. The van der Waals surface area contributed by atoms with E-state index in [9.17, 15) is 9.59 Å². The molecule has 0 aromatic heterocycles. The van der Waals surface area contributed by atoms with Crippen molar-refractivity contribution in [3.8, 4) is 11.5 Å². The number of amides is 2. The molecule has 152 valence electrons. The van der Waals surface area contributed by atoms with E-state index in [2.05, 4.69) is 0 Å². The van der Waals surface area contributed by atoms with E-state index in [4.69, 9.17) is 21.1 Å². The second-order valence-electron chi connectivity index (χ2n) is 6.39. The summed E-state index contributed by atoms with van der Waals surface area (Å²) in [5, 5.41) is 0.130. The van der Waals surface area contributed by atoms with Crippen LogP contribution in [0, 0.1) is 0 Å². The van der Waals surface area contributed by atoms with Crippen molar-refractivity contribution < 1.29 is 19.1 Å². The molecule has 0 aliphatic carbocycles. The first kappa shape index (κ1) is 21.3. The third kappa shape index (κ3) is 5.14. The largest absolute Gasteiger partial charge is 0.491 e. The Labute approximate surface area is 179 Å². The van der Waals surface area contributed by atoms with Gasteiger partial charge in [0, 0.05) is 6.54 Å². The number of benzene rings is 2. The smallest absolute Gasteiger partial charge is 0.293 e. The van der Waals surface area contributed by atoms with Gasteiger partial charge in [0.05, 0.1) is 23.6 Å². The summed E-state index contributed by atoms with van der Waals surface area (Å²) in [7, 11) is 1.52. The SMILES string of the molecule is CCOc1cc(/C=C2/SC(=O)N(CCCc3ccccc3)C2=O)cc(Cl)c1OC. The Bertz CT molecular complexity index is 930. The minimum absolute atomic E-state index is 0.251. The van der Waals surface area contributed by atoms with Gasteiger partial charge in [0.2, 0.25) is 0 Å². The van der Waals surface area contributed by atoms with Crippen molar-refractivity contribution in [1.82, 2.24) is 4.90 Å². The number of carbonyl (C=O) groups is 2. The first-order valence-electron chi connectivity index (χ1n) is 9.33. The lowest BCUT2D eigenvalue weighted by Crippen LogP contribution is -2.29. The Morgan fingerprint density at radius 1 is 1.17 bits per heavy atom. The average Bonchev–Trinajstić information content (AvgIpc) is 2.96. The summed E-state index contributed by atoms with van der Waals surface area (Å²) in [5.74, 6) is 0.661. The van der Waals surface area contributed by atoms with Gasteiger partial charge in [-0.2, -0.15) is 0 Å². The molecule has 0 radical (unpaired) electrons. The third-order valence-corrected chi connectivity index (χ3v) is 5.59. The van der Waals surface area contributed by atoms with E-state index in [1.165, 1.54) is 17.6 Å². The average molecular weight is 432 g/mol. The van der Waals surface area contributed by atoms with Gasteiger partial charge in [0.15, 0.2) is 11.5 Å². The number of nitrogens with zero attached hydrogens (tertiary/aromatic N) is 1. The molecule has 0 atom stereocenters. The van der Waals surface area contributed by atoms with Crippen LogP contribution in [0.3, 0.4) is 0 Å². The second kappa shape index (κ2) is 9.85. The molecule has 1 saturated heterocycles. The Morgan fingerprint density at radius 2 is 1.93 bits per heavy atom. The van der Waals surface area contributed by atoms with Crippen LogP contribution in [0.2, 0.25) is 5.02 Å². The van der Waals surface area contributed by atoms with Crippen LogP contribution in [0.25, 0.3) is 6.08 Å². The van der Waals surface area contributed by atoms with Gasteiger partial charge in [0.25, 0.3) is 11.1 Å². The lowest BCUT2D eigenvalue weighted by Gasteiger charge is -2.12. The number of hydrogen-bond acceptors (Lipinski definition) is 5. The van der Waals surface area contributed by atoms with Gasteiger partial charge in [-0.3, -0.25) is 14.5 Å². The molecule has 2 amide bonds. The Kier molecular flexibility index (Phi) is 7.23. The molecule has 1 aliphatic heterocycles. The standard InChI is InChI=1S/C22H22ClNO4S/c1-3-28-18-13-16(12-17(23)20(18)27-2)14-19-21(25)24(22(26)29-19)11-7-10-15-8-5-4-6-9-15/h4-6,8-9,12-14H,3,7,10-11H2,1-2H3/b19-14+. The van der Waals surface area contributed by atoms with Crippen LogP contribution in [0.15, 0.2) is 47.4 Å². The zero-order valence-electron chi connectivity index (χ0n) is 16.3. The molecule has 0 unspecified atom stereocenters. The van der Waals surface area contributed by atoms with E-state index in [1.54, 1.807) is 18.2 Å². The summed E-state index contributed by atoms with van der Waals surface area (Å²) in [5.41, 5.74) is 1.86. The number of ether oxygens (including phenoxy) is 2. The summed E-state index contributed by atoms with van der Waals surface area (Å²) in [6, 6.07) is 13.4. The number of halogens is 1. The maximum Gasteiger partial charge on any atom is 0.293 e. The Morgan fingerprint density at radius 3 is 2.62 bits per heavy atom. The summed E-state index contributed by atoms with van der Waals surface area (Å²) in [4.78, 5) is 26.7. The summed E-state index contributed by atoms with van der Waals surface area (Å²) in [6.45, 7) is 2.71. The first-order valence-corrected chi connectivity index (χ1v) is 10.5. The molecular weight excluding hydrogens is 410 g/mol. The number of aryl methyl sites for hydroxylation is 1. The topological polar surface area (TPSA) is 55.8 Å². The molecule has 29 heavy (non-hydrogen) atoms. The lowest BCUT2D eigenvalue weighted by atomic mass is 10.1. The van der Waals surface area contributed by atoms with Crippen molar-refractivity contribution in [2.24, 2.45) is 0 Å². The Balaban J connectivity index is 1.72. The highest BCUT2D eigenvalue weighted by molar-refractivity contribution is 8.18. The van der Waals surface area contributed by atoms with Gasteiger partial charge in [0.1, 0.15) is 0 Å². The van der Waals surface area contributed by atoms with Crippen LogP contribution in [-0.4, -0.2) is 36.3 Å².